The zero-order valence-electron chi connectivity index (χ0n) is 19.3. The summed E-state index contributed by atoms with van der Waals surface area (Å²) in [5, 5.41) is 2.93. The van der Waals surface area contributed by atoms with Crippen LogP contribution in [0, 0.1) is 0 Å². The van der Waals surface area contributed by atoms with Crippen LogP contribution >= 0.6 is 0 Å². The van der Waals surface area contributed by atoms with Crippen LogP contribution in [0.4, 0.5) is 10.5 Å². The number of benzene rings is 1. The SMILES string of the molecule is CCCCCOc1ccccc1NC(=O)OC(CN1CCCCC1)CN1CCCCC1. The van der Waals surface area contributed by atoms with E-state index in [2.05, 4.69) is 22.0 Å². The number of para-hydroxylation sites is 2. The van der Waals surface area contributed by atoms with Gasteiger partial charge in [-0.1, -0.05) is 44.7 Å². The Morgan fingerprint density at radius 2 is 1.55 bits per heavy atom. The summed E-state index contributed by atoms with van der Waals surface area (Å²) in [4.78, 5) is 17.7. The molecule has 1 amide bonds. The van der Waals surface area contributed by atoms with Crippen LogP contribution in [-0.2, 0) is 4.74 Å². The van der Waals surface area contributed by atoms with Crippen LogP contribution in [0.5, 0.6) is 5.75 Å². The van der Waals surface area contributed by atoms with E-state index in [1.807, 2.05) is 24.3 Å². The lowest BCUT2D eigenvalue weighted by Gasteiger charge is -2.34. The molecule has 2 saturated heterocycles. The first kappa shape index (κ1) is 23.9. The lowest BCUT2D eigenvalue weighted by Crippen LogP contribution is -2.46. The number of anilines is 1. The summed E-state index contributed by atoms with van der Waals surface area (Å²) < 4.78 is 11.9. The smallest absolute Gasteiger partial charge is 0.412 e. The number of unbranched alkanes of at least 4 members (excludes halogenated alkanes) is 2. The highest BCUT2D eigenvalue weighted by atomic mass is 16.6. The third kappa shape index (κ3) is 8.69. The summed E-state index contributed by atoms with van der Waals surface area (Å²) in [5.74, 6) is 0.708. The largest absolute Gasteiger partial charge is 0.491 e. The Bertz CT molecular complexity index is 623. The molecule has 0 saturated carbocycles. The number of piperidine rings is 2. The summed E-state index contributed by atoms with van der Waals surface area (Å²) in [6.45, 7) is 8.90. The van der Waals surface area contributed by atoms with Gasteiger partial charge in [0.05, 0.1) is 12.3 Å². The molecule has 2 fully saturated rings. The molecule has 0 unspecified atom stereocenters. The molecule has 0 spiro atoms. The van der Waals surface area contributed by atoms with E-state index in [9.17, 15) is 4.79 Å². The Hall–Kier alpha value is -1.79. The quantitative estimate of drug-likeness (QED) is 0.492. The first-order chi connectivity index (χ1) is 15.2. The van der Waals surface area contributed by atoms with E-state index in [1.54, 1.807) is 0 Å². The van der Waals surface area contributed by atoms with Crippen LogP contribution in [0.1, 0.15) is 64.7 Å². The molecule has 2 heterocycles. The maximum absolute atomic E-state index is 12.8. The molecule has 0 radical (unpaired) electrons. The number of nitrogens with one attached hydrogen (secondary N) is 1. The van der Waals surface area contributed by atoms with Crippen LogP contribution in [0.3, 0.4) is 0 Å². The molecule has 0 bridgehead atoms. The van der Waals surface area contributed by atoms with Gasteiger partial charge >= 0.3 is 6.09 Å². The molecule has 2 aliphatic heterocycles. The van der Waals surface area contributed by atoms with E-state index in [1.165, 1.54) is 38.5 Å². The third-order valence-electron chi connectivity index (χ3n) is 6.22. The number of likely N-dealkylation sites (tertiary alicyclic amines) is 2. The number of ether oxygens (including phenoxy) is 2. The minimum atomic E-state index is -0.386. The van der Waals surface area contributed by atoms with Gasteiger partial charge in [0.2, 0.25) is 0 Å². The molecular formula is C25H41N3O3. The second-order valence-corrected chi connectivity index (χ2v) is 8.93. The van der Waals surface area contributed by atoms with Crippen molar-refractivity contribution in [2.45, 2.75) is 70.8 Å². The van der Waals surface area contributed by atoms with Crippen molar-refractivity contribution in [1.82, 2.24) is 9.80 Å². The monoisotopic (exact) mass is 431 g/mol. The molecule has 1 aromatic carbocycles. The lowest BCUT2D eigenvalue weighted by molar-refractivity contribution is 0.0438. The van der Waals surface area contributed by atoms with Crippen molar-refractivity contribution in [3.05, 3.63) is 24.3 Å². The lowest BCUT2D eigenvalue weighted by atomic mass is 10.1. The molecular weight excluding hydrogens is 390 g/mol. The molecule has 0 aromatic heterocycles. The van der Waals surface area contributed by atoms with E-state index >= 15 is 0 Å². The highest BCUT2D eigenvalue weighted by Gasteiger charge is 2.24. The van der Waals surface area contributed by atoms with Crippen LogP contribution in [0.25, 0.3) is 0 Å². The van der Waals surface area contributed by atoms with Gasteiger partial charge in [-0.25, -0.2) is 4.79 Å². The molecule has 31 heavy (non-hydrogen) atoms. The summed E-state index contributed by atoms with van der Waals surface area (Å²) in [6, 6.07) is 7.62. The molecule has 0 aliphatic carbocycles. The molecule has 1 N–H and O–H groups in total. The first-order valence-corrected chi connectivity index (χ1v) is 12.4. The topological polar surface area (TPSA) is 54.0 Å². The molecule has 174 valence electrons. The van der Waals surface area contributed by atoms with Crippen LogP contribution in [0.15, 0.2) is 24.3 Å². The highest BCUT2D eigenvalue weighted by Crippen LogP contribution is 2.24. The van der Waals surface area contributed by atoms with E-state index in [4.69, 9.17) is 9.47 Å². The number of hydrogen-bond acceptors (Lipinski definition) is 5. The maximum atomic E-state index is 12.8. The Morgan fingerprint density at radius 3 is 2.16 bits per heavy atom. The minimum absolute atomic E-state index is 0.117. The predicted molar refractivity (Wildman–Crippen MR) is 126 cm³/mol. The summed E-state index contributed by atoms with van der Waals surface area (Å²) in [6.07, 6.45) is 10.4. The summed E-state index contributed by atoms with van der Waals surface area (Å²) >= 11 is 0. The number of carbonyl (C=O) groups is 1. The van der Waals surface area contributed by atoms with E-state index < -0.39 is 0 Å². The fourth-order valence-electron chi connectivity index (χ4n) is 4.51. The van der Waals surface area contributed by atoms with Crippen LogP contribution < -0.4 is 10.1 Å². The Balaban J connectivity index is 1.56. The van der Waals surface area contributed by atoms with E-state index in [-0.39, 0.29) is 12.2 Å². The van der Waals surface area contributed by atoms with Crippen molar-refractivity contribution in [2.24, 2.45) is 0 Å². The van der Waals surface area contributed by atoms with Crippen molar-refractivity contribution in [2.75, 3.05) is 51.2 Å². The molecule has 6 nitrogen and oxygen atoms in total. The van der Waals surface area contributed by atoms with Crippen molar-refractivity contribution in [3.8, 4) is 5.75 Å². The second-order valence-electron chi connectivity index (χ2n) is 8.93. The average Bonchev–Trinajstić information content (AvgIpc) is 2.79. The standard InChI is InChI=1S/C25H41N3O3/c1-2-3-12-19-30-24-14-7-6-13-23(24)26-25(29)31-22(20-27-15-8-4-9-16-27)21-28-17-10-5-11-18-28/h6-7,13-14,22H,2-5,8-12,15-21H2,1H3,(H,26,29). The van der Waals surface area contributed by atoms with Crippen molar-refractivity contribution in [3.63, 3.8) is 0 Å². The van der Waals surface area contributed by atoms with Gasteiger partial charge in [0.15, 0.2) is 0 Å². The Kier molecular flexibility index (Phi) is 10.5. The van der Waals surface area contributed by atoms with E-state index in [0.29, 0.717) is 18.0 Å². The third-order valence-corrected chi connectivity index (χ3v) is 6.22. The predicted octanol–water partition coefficient (Wildman–Crippen LogP) is 5.14. The number of carbonyl (C=O) groups excluding carboxylic acids is 1. The zero-order chi connectivity index (χ0) is 21.7. The Morgan fingerprint density at radius 1 is 0.935 bits per heavy atom. The molecule has 3 rings (SSSR count). The number of hydrogen-bond donors (Lipinski definition) is 1. The van der Waals surface area contributed by atoms with Gasteiger partial charge in [0.25, 0.3) is 0 Å². The van der Waals surface area contributed by atoms with Gasteiger partial charge in [-0.3, -0.25) is 15.1 Å². The average molecular weight is 432 g/mol. The van der Waals surface area contributed by atoms with Crippen molar-refractivity contribution in [1.29, 1.82) is 0 Å². The van der Waals surface area contributed by atoms with Crippen molar-refractivity contribution < 1.29 is 14.3 Å². The van der Waals surface area contributed by atoms with Gasteiger partial charge < -0.3 is 9.47 Å². The normalized spacial score (nSPS) is 18.1. The second kappa shape index (κ2) is 13.6. The maximum Gasteiger partial charge on any atom is 0.412 e. The molecule has 1 aromatic rings. The van der Waals surface area contributed by atoms with Gasteiger partial charge in [-0.15, -0.1) is 0 Å². The molecule has 0 atom stereocenters. The first-order valence-electron chi connectivity index (χ1n) is 12.4. The molecule has 2 aliphatic rings. The zero-order valence-corrected chi connectivity index (χ0v) is 19.3. The number of rotatable bonds is 11. The van der Waals surface area contributed by atoms with Crippen LogP contribution in [-0.4, -0.2) is 67.9 Å². The van der Waals surface area contributed by atoms with Gasteiger partial charge in [-0.2, -0.15) is 0 Å². The molecule has 6 heteroatoms. The highest BCUT2D eigenvalue weighted by molar-refractivity contribution is 5.86. The Labute approximate surface area is 188 Å². The fraction of sp³-hybridized carbons (Fsp3) is 0.720. The number of amides is 1. The van der Waals surface area contributed by atoms with Gasteiger partial charge in [0, 0.05) is 13.1 Å². The fourth-order valence-corrected chi connectivity index (χ4v) is 4.51. The number of nitrogens with zero attached hydrogens (tertiary/aromatic N) is 2. The summed E-state index contributed by atoms with van der Waals surface area (Å²) in [7, 11) is 0. The van der Waals surface area contributed by atoms with Gasteiger partial charge in [0.1, 0.15) is 11.9 Å². The van der Waals surface area contributed by atoms with Crippen LogP contribution in [0.2, 0.25) is 0 Å². The van der Waals surface area contributed by atoms with E-state index in [0.717, 1.165) is 58.5 Å². The van der Waals surface area contributed by atoms with Crippen molar-refractivity contribution >= 4 is 11.8 Å². The minimum Gasteiger partial charge on any atom is -0.491 e. The summed E-state index contributed by atoms with van der Waals surface area (Å²) in [5.41, 5.74) is 0.679. The van der Waals surface area contributed by atoms with Gasteiger partial charge in [-0.05, 0) is 70.4 Å².